The second-order valence-electron chi connectivity index (χ2n) is 2.83. The van der Waals surface area contributed by atoms with E-state index < -0.39 is 13.4 Å². The summed E-state index contributed by atoms with van der Waals surface area (Å²) in [6.45, 7) is -4.45. The molecule has 1 aromatic carbocycles. The molecule has 0 saturated carbocycles. The first-order chi connectivity index (χ1) is 6.08. The third-order valence-corrected chi connectivity index (χ3v) is 1.55. The van der Waals surface area contributed by atoms with E-state index in [2.05, 4.69) is 5.32 Å². The van der Waals surface area contributed by atoms with E-state index >= 15 is 0 Å². The van der Waals surface area contributed by atoms with Crippen LogP contribution in [0, 0.1) is 0 Å². The van der Waals surface area contributed by atoms with Crippen LogP contribution in [0.1, 0.15) is 5.56 Å². The first-order valence-corrected chi connectivity index (χ1v) is 4.03. The molecule has 0 unspecified atom stereocenters. The smallest absolute Gasteiger partial charge is 0.448 e. The fourth-order valence-corrected chi connectivity index (χ4v) is 0.976. The average Bonchev–Trinajstić information content (AvgIpc) is 2.04. The van der Waals surface area contributed by atoms with Crippen LogP contribution < -0.4 is 56.7 Å². The van der Waals surface area contributed by atoms with Gasteiger partial charge in [0.25, 0.3) is 0 Å². The molecule has 0 aliphatic heterocycles. The van der Waals surface area contributed by atoms with Gasteiger partial charge in [0.05, 0.1) is 0 Å². The van der Waals surface area contributed by atoms with E-state index in [9.17, 15) is 12.9 Å². The fraction of sp³-hybridized carbons (Fsp3) is 0.250. The number of hydrogen-bond acceptors (Lipinski definition) is 1. The second kappa shape index (κ2) is 7.03. The molecular formula is C8H10BF3KN. The van der Waals surface area contributed by atoms with Crippen molar-refractivity contribution in [1.29, 1.82) is 0 Å². The quantitative estimate of drug-likeness (QED) is 0.662. The summed E-state index contributed by atoms with van der Waals surface area (Å²) in [7, 11) is 0. The molecule has 0 atom stereocenters. The van der Waals surface area contributed by atoms with Crippen LogP contribution in [0.4, 0.5) is 12.9 Å². The van der Waals surface area contributed by atoms with Crippen molar-refractivity contribution in [3.8, 4) is 0 Å². The molecule has 0 radical (unpaired) electrons. The molecule has 0 aliphatic rings. The van der Waals surface area contributed by atoms with Crippen molar-refractivity contribution in [2.24, 2.45) is 0 Å². The van der Waals surface area contributed by atoms with Gasteiger partial charge < -0.3 is 18.3 Å². The van der Waals surface area contributed by atoms with Crippen LogP contribution in [-0.2, 0) is 6.54 Å². The molecule has 0 bridgehead atoms. The van der Waals surface area contributed by atoms with Crippen LogP contribution >= 0.6 is 0 Å². The summed E-state index contributed by atoms with van der Waals surface area (Å²) in [5, 5.41) is 2.34. The topological polar surface area (TPSA) is 12.0 Å². The van der Waals surface area contributed by atoms with Crippen LogP contribution in [0.2, 0.25) is 0 Å². The normalized spacial score (nSPS) is 10.8. The molecule has 0 spiro atoms. The second-order valence-corrected chi connectivity index (χ2v) is 2.83. The summed E-state index contributed by atoms with van der Waals surface area (Å²) in [5.41, 5.74) is 0.863. The molecule has 14 heavy (non-hydrogen) atoms. The van der Waals surface area contributed by atoms with Gasteiger partial charge in [0, 0.05) is 6.54 Å². The van der Waals surface area contributed by atoms with Crippen molar-refractivity contribution in [3.63, 3.8) is 0 Å². The zero-order valence-electron chi connectivity index (χ0n) is 8.01. The molecule has 0 aliphatic carbocycles. The Hall–Kier alpha value is 0.671. The van der Waals surface area contributed by atoms with Gasteiger partial charge in [-0.2, -0.15) is 0 Å². The minimum atomic E-state index is -4.71. The Labute approximate surface area is 124 Å². The van der Waals surface area contributed by atoms with Crippen LogP contribution in [0.5, 0.6) is 0 Å². The zero-order valence-corrected chi connectivity index (χ0v) is 11.1. The number of benzene rings is 1. The van der Waals surface area contributed by atoms with Gasteiger partial charge in [-0.3, -0.25) is 0 Å². The van der Waals surface area contributed by atoms with E-state index in [1.807, 2.05) is 6.07 Å². The summed E-state index contributed by atoms with van der Waals surface area (Å²) in [6, 6.07) is 9.01. The van der Waals surface area contributed by atoms with E-state index in [4.69, 9.17) is 0 Å². The van der Waals surface area contributed by atoms with Gasteiger partial charge >= 0.3 is 58.4 Å². The van der Waals surface area contributed by atoms with E-state index in [1.54, 1.807) is 24.3 Å². The first-order valence-electron chi connectivity index (χ1n) is 4.03. The molecule has 1 N–H and O–H groups in total. The van der Waals surface area contributed by atoms with Crippen molar-refractivity contribution in [2.45, 2.75) is 6.54 Å². The number of hydrogen-bond donors (Lipinski definition) is 1. The van der Waals surface area contributed by atoms with E-state index in [1.165, 1.54) is 0 Å². The third kappa shape index (κ3) is 7.03. The molecule has 0 aromatic heterocycles. The molecule has 0 saturated heterocycles. The van der Waals surface area contributed by atoms with E-state index in [0.717, 1.165) is 5.56 Å². The zero-order chi connectivity index (χ0) is 9.73. The SMILES string of the molecule is F[B-](F)(F)CNCc1ccccc1.[K+]. The predicted octanol–water partition coefficient (Wildman–Crippen LogP) is -0.833. The van der Waals surface area contributed by atoms with E-state index in [0.29, 0.717) is 0 Å². The van der Waals surface area contributed by atoms with Crippen LogP contribution in [0.3, 0.4) is 0 Å². The summed E-state index contributed by atoms with van der Waals surface area (Å²) in [4.78, 5) is 0. The molecule has 1 aromatic rings. The Balaban J connectivity index is 0.00000169. The largest absolute Gasteiger partial charge is 1.00 e. The summed E-state index contributed by atoms with van der Waals surface area (Å²) < 4.78 is 35.3. The predicted molar refractivity (Wildman–Crippen MR) is 47.2 cm³/mol. The van der Waals surface area contributed by atoms with Gasteiger partial charge in [-0.05, 0) is 12.0 Å². The Morgan fingerprint density at radius 2 is 1.64 bits per heavy atom. The maximum absolute atomic E-state index is 11.8. The van der Waals surface area contributed by atoms with Crippen LogP contribution in [-0.4, -0.2) is 13.4 Å². The van der Waals surface area contributed by atoms with Crippen molar-refractivity contribution >= 4 is 6.98 Å². The van der Waals surface area contributed by atoms with Crippen LogP contribution in [0.15, 0.2) is 30.3 Å². The molecular weight excluding hydrogens is 217 g/mol. The Bertz CT molecular complexity index is 253. The summed E-state index contributed by atoms with van der Waals surface area (Å²) >= 11 is 0. The number of nitrogens with one attached hydrogen (secondary N) is 1. The molecule has 0 amide bonds. The molecule has 0 fully saturated rings. The number of halogens is 3. The molecule has 0 heterocycles. The Morgan fingerprint density at radius 3 is 2.14 bits per heavy atom. The van der Waals surface area contributed by atoms with Gasteiger partial charge in [-0.25, -0.2) is 0 Å². The minimum absolute atomic E-state index is 0. The minimum Gasteiger partial charge on any atom is -0.448 e. The maximum Gasteiger partial charge on any atom is 1.00 e. The monoisotopic (exact) mass is 227 g/mol. The maximum atomic E-state index is 11.8. The van der Waals surface area contributed by atoms with Gasteiger partial charge in [-0.1, -0.05) is 30.3 Å². The van der Waals surface area contributed by atoms with Crippen LogP contribution in [0.25, 0.3) is 0 Å². The average molecular weight is 227 g/mol. The molecule has 6 heteroatoms. The summed E-state index contributed by atoms with van der Waals surface area (Å²) in [6.07, 6.45) is -0.880. The van der Waals surface area contributed by atoms with E-state index in [-0.39, 0.29) is 57.9 Å². The summed E-state index contributed by atoms with van der Waals surface area (Å²) in [5.74, 6) is 0. The Morgan fingerprint density at radius 1 is 1.07 bits per heavy atom. The number of rotatable bonds is 4. The standard InChI is InChI=1S/C8H10BF3N.K/c10-9(11,12)7-13-6-8-4-2-1-3-5-8;/h1-5,13H,6-7H2;/q-1;+1. The molecule has 72 valence electrons. The van der Waals surface area contributed by atoms with Gasteiger partial charge in [0.1, 0.15) is 0 Å². The third-order valence-electron chi connectivity index (χ3n) is 1.55. The molecule has 1 rings (SSSR count). The Kier molecular flexibility index (Phi) is 7.37. The van der Waals surface area contributed by atoms with Crippen molar-refractivity contribution in [2.75, 3.05) is 6.44 Å². The van der Waals surface area contributed by atoms with Gasteiger partial charge in [0.15, 0.2) is 0 Å². The van der Waals surface area contributed by atoms with Gasteiger partial charge in [0.2, 0.25) is 0 Å². The van der Waals surface area contributed by atoms with Crippen molar-refractivity contribution < 1.29 is 64.3 Å². The van der Waals surface area contributed by atoms with Crippen molar-refractivity contribution in [1.82, 2.24) is 5.32 Å². The van der Waals surface area contributed by atoms with Crippen molar-refractivity contribution in [3.05, 3.63) is 35.9 Å². The fourth-order valence-electron chi connectivity index (χ4n) is 0.976. The van der Waals surface area contributed by atoms with Gasteiger partial charge in [-0.15, -0.1) is 0 Å². The first kappa shape index (κ1) is 14.7. The molecule has 1 nitrogen and oxygen atoms in total.